The van der Waals surface area contributed by atoms with Gasteiger partial charge in [0.25, 0.3) is 0 Å². The van der Waals surface area contributed by atoms with Crippen LogP contribution in [-0.4, -0.2) is 70.1 Å². The second kappa shape index (κ2) is 12.3. The number of aliphatic hydroxyl groups is 1. The first kappa shape index (κ1) is 28.6. The molecule has 7 heteroatoms. The molecule has 2 aliphatic heterocycles. The van der Waals surface area contributed by atoms with E-state index in [1.54, 1.807) is 12.5 Å². The van der Waals surface area contributed by atoms with E-state index in [0.29, 0.717) is 24.8 Å². The van der Waals surface area contributed by atoms with Crippen LogP contribution < -0.4 is 5.32 Å². The highest BCUT2D eigenvalue weighted by Crippen LogP contribution is 2.39. The Kier molecular flexibility index (Phi) is 8.81. The van der Waals surface area contributed by atoms with Crippen LogP contribution in [0.2, 0.25) is 0 Å². The molecule has 2 unspecified atom stereocenters. The summed E-state index contributed by atoms with van der Waals surface area (Å²) in [7, 11) is 0. The number of carbonyl (C=O) groups is 2. The quantitative estimate of drug-likeness (QED) is 0.470. The van der Waals surface area contributed by atoms with Crippen molar-refractivity contribution >= 4 is 17.9 Å². The van der Waals surface area contributed by atoms with Crippen LogP contribution in [0, 0.1) is 11.8 Å². The molecule has 5 atom stereocenters. The lowest BCUT2D eigenvalue weighted by atomic mass is 9.72. The van der Waals surface area contributed by atoms with Gasteiger partial charge in [-0.3, -0.25) is 14.5 Å². The molecule has 7 nitrogen and oxygen atoms in total. The summed E-state index contributed by atoms with van der Waals surface area (Å²) in [5.74, 6) is 1.16. The number of hydrogen-bond acceptors (Lipinski definition) is 5. The minimum atomic E-state index is -0.749. The minimum Gasteiger partial charge on any atom is -0.472 e. The van der Waals surface area contributed by atoms with Crippen molar-refractivity contribution in [3.8, 4) is 0 Å². The number of furan rings is 1. The molecule has 2 aromatic rings. The van der Waals surface area contributed by atoms with Crippen molar-refractivity contribution in [1.29, 1.82) is 0 Å². The van der Waals surface area contributed by atoms with Crippen LogP contribution in [0.4, 0.5) is 0 Å². The maximum atomic E-state index is 13.6. The molecule has 2 amide bonds. The number of rotatable bonds is 8. The molecule has 1 aromatic heterocycles. The molecule has 1 saturated carbocycles. The Hall–Kier alpha value is -2.90. The molecule has 3 heterocycles. The van der Waals surface area contributed by atoms with Gasteiger partial charge in [-0.2, -0.15) is 0 Å². The molecule has 2 saturated heterocycles. The van der Waals surface area contributed by atoms with E-state index in [1.165, 1.54) is 31.2 Å². The summed E-state index contributed by atoms with van der Waals surface area (Å²) in [5.41, 5.74) is 2.46. The van der Waals surface area contributed by atoms with Crippen LogP contribution in [0.25, 0.3) is 6.08 Å². The number of β-amino-alcohol motifs (C(OH)–C–C–N with tert-alkyl or cyclic N) is 1. The molecular weight excluding hydrogens is 502 g/mol. The molecule has 3 aliphatic rings. The van der Waals surface area contributed by atoms with E-state index in [-0.39, 0.29) is 36.0 Å². The molecule has 1 aliphatic carbocycles. The highest BCUT2D eigenvalue weighted by atomic mass is 16.3. The third kappa shape index (κ3) is 7.05. The van der Waals surface area contributed by atoms with Gasteiger partial charge in [-0.05, 0) is 76.0 Å². The largest absolute Gasteiger partial charge is 0.472 e. The van der Waals surface area contributed by atoms with E-state index in [0.717, 1.165) is 30.5 Å². The third-order valence-corrected chi connectivity index (χ3v) is 8.79. The number of nitrogens with zero attached hydrogens (tertiary/aromatic N) is 2. The zero-order valence-corrected chi connectivity index (χ0v) is 24.2. The Balaban J connectivity index is 1.32. The first-order valence-electron chi connectivity index (χ1n) is 15.0. The van der Waals surface area contributed by atoms with Gasteiger partial charge in [0.15, 0.2) is 0 Å². The number of amides is 2. The fourth-order valence-electron chi connectivity index (χ4n) is 6.96. The van der Waals surface area contributed by atoms with Gasteiger partial charge in [-0.15, -0.1) is 0 Å². The molecule has 0 radical (unpaired) electrons. The van der Waals surface area contributed by atoms with Gasteiger partial charge < -0.3 is 19.7 Å². The summed E-state index contributed by atoms with van der Waals surface area (Å²) in [6, 6.07) is 11.8. The second-order valence-corrected chi connectivity index (χ2v) is 13.1. The van der Waals surface area contributed by atoms with Crippen molar-refractivity contribution in [2.24, 2.45) is 11.8 Å². The molecule has 2 N–H and O–H groups in total. The van der Waals surface area contributed by atoms with Crippen molar-refractivity contribution in [3.63, 3.8) is 0 Å². The molecule has 216 valence electrons. The predicted octanol–water partition coefficient (Wildman–Crippen LogP) is 4.66. The number of piperidine rings is 1. The van der Waals surface area contributed by atoms with E-state index >= 15 is 0 Å². The molecular formula is C33H45N3O4. The van der Waals surface area contributed by atoms with E-state index in [4.69, 9.17) is 4.42 Å². The fraction of sp³-hybridized carbons (Fsp3) is 0.576. The lowest BCUT2D eigenvalue weighted by Crippen LogP contribution is -2.59. The van der Waals surface area contributed by atoms with E-state index < -0.39 is 6.10 Å². The molecule has 40 heavy (non-hydrogen) atoms. The average Bonchev–Trinajstić information content (AvgIpc) is 3.52. The maximum absolute atomic E-state index is 13.6. The highest BCUT2D eigenvalue weighted by molar-refractivity contribution is 6.00. The number of benzene rings is 1. The second-order valence-electron chi connectivity index (χ2n) is 13.1. The normalized spacial score (nSPS) is 27.6. The summed E-state index contributed by atoms with van der Waals surface area (Å²) in [6.07, 6.45) is 11.5. The third-order valence-electron chi connectivity index (χ3n) is 8.79. The summed E-state index contributed by atoms with van der Waals surface area (Å²) < 4.78 is 5.21. The van der Waals surface area contributed by atoms with Crippen molar-refractivity contribution in [2.45, 2.75) is 89.4 Å². The summed E-state index contributed by atoms with van der Waals surface area (Å²) in [4.78, 5) is 31.1. The van der Waals surface area contributed by atoms with E-state index in [2.05, 4.69) is 22.3 Å². The number of fused-ring (bicyclic) bond motifs is 1. The number of hydrogen-bond donors (Lipinski definition) is 2. The standard InChI is InChI=1S/C33H45N3O4/c1-33(2,3)34-31(38)30-18-25-11-7-8-12-26(25)19-35(30)20-29(37)21-36-28(16-23-9-5-4-6-10-23)17-27(32(36)39)15-24-13-14-40-22-24/h4-6,9-10,13-15,22,25-26,28-30,37H,7-8,11-12,16-21H2,1-3H3,(H,34,38)/b27-15-/t25-,26+,28-,29?,30?/m0/s1. The lowest BCUT2D eigenvalue weighted by Gasteiger charge is -2.46. The lowest BCUT2D eigenvalue weighted by molar-refractivity contribution is -0.134. The highest BCUT2D eigenvalue weighted by Gasteiger charge is 2.42. The van der Waals surface area contributed by atoms with Crippen LogP contribution in [-0.2, 0) is 16.0 Å². The van der Waals surface area contributed by atoms with Gasteiger partial charge in [0, 0.05) is 42.4 Å². The molecule has 3 fully saturated rings. The van der Waals surface area contributed by atoms with E-state index in [9.17, 15) is 14.7 Å². The van der Waals surface area contributed by atoms with Crippen molar-refractivity contribution < 1.29 is 19.1 Å². The van der Waals surface area contributed by atoms with Gasteiger partial charge in [0.2, 0.25) is 11.8 Å². The fourth-order valence-corrected chi connectivity index (χ4v) is 6.96. The van der Waals surface area contributed by atoms with Crippen LogP contribution >= 0.6 is 0 Å². The topological polar surface area (TPSA) is 86.0 Å². The first-order valence-corrected chi connectivity index (χ1v) is 15.0. The number of aliphatic hydroxyl groups excluding tert-OH is 1. The summed E-state index contributed by atoms with van der Waals surface area (Å²) in [5, 5.41) is 14.6. The number of nitrogens with one attached hydrogen (secondary N) is 1. The van der Waals surface area contributed by atoms with Crippen molar-refractivity contribution in [1.82, 2.24) is 15.1 Å². The molecule has 0 bridgehead atoms. The minimum absolute atomic E-state index is 0.0332. The van der Waals surface area contributed by atoms with Gasteiger partial charge in [-0.25, -0.2) is 0 Å². The van der Waals surface area contributed by atoms with Gasteiger partial charge in [-0.1, -0.05) is 49.6 Å². The van der Waals surface area contributed by atoms with Crippen LogP contribution in [0.5, 0.6) is 0 Å². The zero-order chi connectivity index (χ0) is 28.3. The number of carbonyl (C=O) groups excluding carboxylic acids is 2. The Morgan fingerprint density at radius 3 is 2.58 bits per heavy atom. The molecule has 0 spiro atoms. The van der Waals surface area contributed by atoms with Gasteiger partial charge in [0.1, 0.15) is 0 Å². The molecule has 5 rings (SSSR count). The Morgan fingerprint density at radius 1 is 1.12 bits per heavy atom. The Morgan fingerprint density at radius 2 is 1.88 bits per heavy atom. The van der Waals surface area contributed by atoms with E-state index in [1.807, 2.05) is 56.0 Å². The van der Waals surface area contributed by atoms with Crippen molar-refractivity contribution in [3.05, 3.63) is 65.6 Å². The Bertz CT molecular complexity index is 1170. The summed E-state index contributed by atoms with van der Waals surface area (Å²) >= 11 is 0. The zero-order valence-electron chi connectivity index (χ0n) is 24.2. The van der Waals surface area contributed by atoms with Gasteiger partial charge >= 0.3 is 0 Å². The average molecular weight is 548 g/mol. The van der Waals surface area contributed by atoms with Crippen LogP contribution in [0.3, 0.4) is 0 Å². The van der Waals surface area contributed by atoms with Gasteiger partial charge in [0.05, 0.1) is 24.7 Å². The SMILES string of the molecule is CC(C)(C)NC(=O)C1C[C@@H]2CCCC[C@@H]2CN1CC(O)CN1C(=O)/C(=C\c2ccoc2)C[C@@H]1Cc1ccccc1. The van der Waals surface area contributed by atoms with Crippen LogP contribution in [0.1, 0.15) is 70.4 Å². The monoisotopic (exact) mass is 547 g/mol. The van der Waals surface area contributed by atoms with Crippen molar-refractivity contribution in [2.75, 3.05) is 19.6 Å². The summed E-state index contributed by atoms with van der Waals surface area (Å²) in [6.45, 7) is 7.49. The Labute approximate surface area is 238 Å². The van der Waals surface area contributed by atoms with Crippen LogP contribution in [0.15, 0.2) is 58.9 Å². The predicted molar refractivity (Wildman–Crippen MR) is 156 cm³/mol. The first-order chi connectivity index (χ1) is 19.2. The maximum Gasteiger partial charge on any atom is 0.250 e. The number of likely N-dealkylation sites (tertiary alicyclic amines) is 2. The molecule has 1 aromatic carbocycles. The smallest absolute Gasteiger partial charge is 0.250 e.